The minimum Gasteiger partial charge on any atom is -0.370 e. The maximum absolute atomic E-state index is 13.2. The molecule has 1 saturated carbocycles. The number of hydrogen-bond acceptors (Lipinski definition) is 4. The van der Waals surface area contributed by atoms with Gasteiger partial charge in [0.25, 0.3) is 0 Å². The lowest BCUT2D eigenvalue weighted by Gasteiger charge is -2.40. The third kappa shape index (κ3) is 4.21. The van der Waals surface area contributed by atoms with Gasteiger partial charge < -0.3 is 15.0 Å². The molecule has 1 aromatic rings. The van der Waals surface area contributed by atoms with Crippen molar-refractivity contribution in [3.63, 3.8) is 0 Å². The van der Waals surface area contributed by atoms with Crippen LogP contribution in [0.1, 0.15) is 86.0 Å². The minimum atomic E-state index is -0.333. The van der Waals surface area contributed by atoms with E-state index in [4.69, 9.17) is 4.74 Å². The molecule has 0 radical (unpaired) electrons. The summed E-state index contributed by atoms with van der Waals surface area (Å²) >= 11 is 0. The second-order valence-corrected chi connectivity index (χ2v) is 10.1. The number of ether oxygens (including phenoxy) is 1. The molecule has 5 rings (SSSR count). The van der Waals surface area contributed by atoms with Crippen LogP contribution in [0.5, 0.6) is 0 Å². The molecule has 0 bridgehead atoms. The van der Waals surface area contributed by atoms with Gasteiger partial charge >= 0.3 is 0 Å². The average Bonchev–Trinajstić information content (AvgIpc) is 3.39. The van der Waals surface area contributed by atoms with Crippen molar-refractivity contribution in [2.75, 3.05) is 19.6 Å². The minimum absolute atomic E-state index is 0.0733. The molecule has 3 fully saturated rings. The Bertz CT molecular complexity index is 884. The van der Waals surface area contributed by atoms with Crippen LogP contribution in [0.4, 0.5) is 0 Å². The Kier molecular flexibility index (Phi) is 6.06. The molecule has 2 aliphatic carbocycles. The third-order valence-electron chi connectivity index (χ3n) is 8.13. The van der Waals surface area contributed by atoms with Gasteiger partial charge in [-0.2, -0.15) is 0 Å². The molecule has 1 N–H and O–H groups in total. The lowest BCUT2D eigenvalue weighted by molar-refractivity contribution is -0.139. The Morgan fingerprint density at radius 1 is 1.03 bits per heavy atom. The highest BCUT2D eigenvalue weighted by Crippen LogP contribution is 2.41. The number of likely N-dealkylation sites (tertiary alicyclic amines) is 1. The number of benzene rings is 1. The molecule has 2 atom stereocenters. The van der Waals surface area contributed by atoms with Crippen LogP contribution in [0, 0.1) is 5.92 Å². The number of Topliss-reactive ketones (excluding diaryl/α,β-unsaturated/α-hetero) is 1. The van der Waals surface area contributed by atoms with Crippen molar-refractivity contribution in [2.24, 2.45) is 5.92 Å². The summed E-state index contributed by atoms with van der Waals surface area (Å²) in [5.41, 5.74) is 1.42. The highest BCUT2D eigenvalue weighted by Gasteiger charge is 2.45. The molecule has 4 aliphatic rings. The topological polar surface area (TPSA) is 75.7 Å². The maximum atomic E-state index is 13.2. The summed E-state index contributed by atoms with van der Waals surface area (Å²) in [6.45, 7) is 1.94. The number of ketones is 1. The fourth-order valence-electron chi connectivity index (χ4n) is 6.17. The van der Waals surface area contributed by atoms with Crippen LogP contribution in [0.25, 0.3) is 0 Å². The van der Waals surface area contributed by atoms with Crippen LogP contribution in [0.2, 0.25) is 0 Å². The van der Waals surface area contributed by atoms with E-state index in [0.717, 1.165) is 56.9 Å². The van der Waals surface area contributed by atoms with Crippen LogP contribution in [0.15, 0.2) is 24.3 Å². The number of amides is 2. The standard InChI is InChI=1S/C26H34N2O4/c29-23-16-22(20-8-4-5-9-21(20)23)25(31)28-14-12-26(13-15-28)11-10-19(32-26)17-27-24(30)18-6-2-1-3-7-18/h4-5,8-9,18-19,22H,1-3,6-7,10-17H2,(H,27,30)/t19-,22+/m0/s1. The van der Waals surface area contributed by atoms with Gasteiger partial charge in [-0.3, -0.25) is 14.4 Å². The van der Waals surface area contributed by atoms with E-state index < -0.39 is 0 Å². The SMILES string of the molecule is O=C1C[C@@H](C(=O)N2CCC3(CC[C@@H](CNC(=O)C4CCCCC4)O3)CC2)c2ccccc21. The van der Waals surface area contributed by atoms with Gasteiger partial charge in [0, 0.05) is 37.5 Å². The molecule has 2 heterocycles. The molecule has 6 nitrogen and oxygen atoms in total. The van der Waals surface area contributed by atoms with Gasteiger partial charge in [0.05, 0.1) is 17.6 Å². The largest absolute Gasteiger partial charge is 0.370 e. The van der Waals surface area contributed by atoms with Crippen LogP contribution in [-0.4, -0.2) is 53.8 Å². The smallest absolute Gasteiger partial charge is 0.230 e. The first-order valence-corrected chi connectivity index (χ1v) is 12.4. The van der Waals surface area contributed by atoms with Crippen molar-refractivity contribution >= 4 is 17.6 Å². The monoisotopic (exact) mass is 438 g/mol. The predicted molar refractivity (Wildman–Crippen MR) is 120 cm³/mol. The number of fused-ring (bicyclic) bond motifs is 1. The van der Waals surface area contributed by atoms with Crippen LogP contribution < -0.4 is 5.32 Å². The Labute approximate surface area is 190 Å². The molecule has 0 aromatic heterocycles. The van der Waals surface area contributed by atoms with Crippen molar-refractivity contribution in [3.8, 4) is 0 Å². The summed E-state index contributed by atoms with van der Waals surface area (Å²) in [5.74, 6) is 0.194. The quantitative estimate of drug-likeness (QED) is 0.780. The van der Waals surface area contributed by atoms with Crippen molar-refractivity contribution in [1.29, 1.82) is 0 Å². The highest BCUT2D eigenvalue weighted by atomic mass is 16.5. The van der Waals surface area contributed by atoms with Gasteiger partial charge in [-0.15, -0.1) is 0 Å². The van der Waals surface area contributed by atoms with E-state index >= 15 is 0 Å². The van der Waals surface area contributed by atoms with Gasteiger partial charge in [-0.1, -0.05) is 43.5 Å². The van der Waals surface area contributed by atoms with Crippen molar-refractivity contribution < 1.29 is 19.1 Å². The van der Waals surface area contributed by atoms with Crippen molar-refractivity contribution in [3.05, 3.63) is 35.4 Å². The van der Waals surface area contributed by atoms with E-state index in [-0.39, 0.29) is 41.1 Å². The molecular weight excluding hydrogens is 404 g/mol. The second kappa shape index (κ2) is 8.97. The lowest BCUT2D eigenvalue weighted by Crippen LogP contribution is -2.48. The summed E-state index contributed by atoms with van der Waals surface area (Å²) < 4.78 is 6.45. The molecule has 32 heavy (non-hydrogen) atoms. The zero-order valence-corrected chi connectivity index (χ0v) is 18.8. The third-order valence-corrected chi connectivity index (χ3v) is 8.13. The zero-order chi connectivity index (χ0) is 22.1. The maximum Gasteiger partial charge on any atom is 0.230 e. The van der Waals surface area contributed by atoms with Crippen LogP contribution in [-0.2, 0) is 14.3 Å². The van der Waals surface area contributed by atoms with Crippen LogP contribution >= 0.6 is 0 Å². The Balaban J connectivity index is 1.11. The summed E-state index contributed by atoms with van der Waals surface area (Å²) in [4.78, 5) is 39.8. The Morgan fingerprint density at radius 3 is 2.56 bits per heavy atom. The summed E-state index contributed by atoms with van der Waals surface area (Å²) in [6.07, 6.45) is 9.58. The number of carbonyl (C=O) groups is 3. The molecule has 2 amide bonds. The van der Waals surface area contributed by atoms with Gasteiger partial charge in [-0.05, 0) is 44.1 Å². The molecule has 1 aromatic carbocycles. The van der Waals surface area contributed by atoms with E-state index in [1.54, 1.807) is 0 Å². The molecule has 172 valence electrons. The normalized spacial score (nSPS) is 27.5. The molecule has 6 heteroatoms. The summed E-state index contributed by atoms with van der Waals surface area (Å²) in [5, 5.41) is 3.13. The van der Waals surface area contributed by atoms with Crippen LogP contribution in [0.3, 0.4) is 0 Å². The number of nitrogens with one attached hydrogen (secondary N) is 1. The lowest BCUT2D eigenvalue weighted by atomic mass is 9.87. The Hall–Kier alpha value is -2.21. The van der Waals surface area contributed by atoms with E-state index in [9.17, 15) is 14.4 Å². The number of carbonyl (C=O) groups excluding carboxylic acids is 3. The van der Waals surface area contributed by atoms with Gasteiger partial charge in [0.15, 0.2) is 5.78 Å². The molecule has 0 unspecified atom stereocenters. The molecule has 2 aliphatic heterocycles. The van der Waals surface area contributed by atoms with Crippen molar-refractivity contribution in [1.82, 2.24) is 10.2 Å². The average molecular weight is 439 g/mol. The second-order valence-electron chi connectivity index (χ2n) is 10.1. The predicted octanol–water partition coefficient (Wildman–Crippen LogP) is 3.59. The highest BCUT2D eigenvalue weighted by molar-refractivity contribution is 6.06. The fraction of sp³-hybridized carbons (Fsp3) is 0.654. The van der Waals surface area contributed by atoms with E-state index in [1.807, 2.05) is 29.2 Å². The van der Waals surface area contributed by atoms with E-state index in [2.05, 4.69) is 5.32 Å². The van der Waals surface area contributed by atoms with Gasteiger partial charge in [0.1, 0.15) is 0 Å². The first kappa shape index (κ1) is 21.6. The zero-order valence-electron chi connectivity index (χ0n) is 18.8. The molecule has 2 saturated heterocycles. The number of nitrogens with zero attached hydrogens (tertiary/aromatic N) is 1. The number of rotatable bonds is 4. The first-order valence-electron chi connectivity index (χ1n) is 12.4. The fourth-order valence-corrected chi connectivity index (χ4v) is 6.17. The van der Waals surface area contributed by atoms with Gasteiger partial charge in [-0.25, -0.2) is 0 Å². The molecular formula is C26H34N2O4. The number of piperidine rings is 1. The number of hydrogen-bond donors (Lipinski definition) is 1. The summed E-state index contributed by atoms with van der Waals surface area (Å²) in [6, 6.07) is 7.51. The Morgan fingerprint density at radius 2 is 1.78 bits per heavy atom. The van der Waals surface area contributed by atoms with Crippen molar-refractivity contribution in [2.45, 2.75) is 81.8 Å². The summed E-state index contributed by atoms with van der Waals surface area (Å²) in [7, 11) is 0. The first-order chi connectivity index (χ1) is 15.5. The van der Waals surface area contributed by atoms with E-state index in [1.165, 1.54) is 6.42 Å². The van der Waals surface area contributed by atoms with E-state index in [0.29, 0.717) is 31.6 Å². The molecule has 1 spiro atoms. The van der Waals surface area contributed by atoms with Gasteiger partial charge in [0.2, 0.25) is 11.8 Å².